The molecule has 0 bridgehead atoms. The molecule has 5 aromatic rings. The maximum Gasteiger partial charge on any atom is 0.205 e. The van der Waals surface area contributed by atoms with Gasteiger partial charge in [0.15, 0.2) is 0 Å². The van der Waals surface area contributed by atoms with E-state index in [1.54, 1.807) is 10.7 Å². The first-order valence-electron chi connectivity index (χ1n) is 8.19. The molecule has 0 unspecified atom stereocenters. The third-order valence-corrected chi connectivity index (χ3v) is 4.39. The van der Waals surface area contributed by atoms with Gasteiger partial charge in [-0.2, -0.15) is 5.10 Å². The van der Waals surface area contributed by atoms with Crippen LogP contribution in [0.5, 0.6) is 0 Å². The van der Waals surface area contributed by atoms with Gasteiger partial charge in [-0.3, -0.25) is 4.68 Å². The number of hydrogen-bond donors (Lipinski definition) is 3. The molecule has 2 aromatic carbocycles. The molecule has 0 fully saturated rings. The molecule has 0 aliphatic carbocycles. The van der Waals surface area contributed by atoms with Crippen LogP contribution in [0.1, 0.15) is 0 Å². The van der Waals surface area contributed by atoms with Crippen LogP contribution in [0.15, 0.2) is 54.9 Å². The second-order valence-corrected chi connectivity index (χ2v) is 6.21. The number of benzene rings is 2. The molecular weight excluding hydrogens is 331 g/mol. The third-order valence-electron chi connectivity index (χ3n) is 4.39. The lowest BCUT2D eigenvalue weighted by Crippen LogP contribution is -1.91. The van der Waals surface area contributed by atoms with E-state index in [0.717, 1.165) is 33.5 Å². The van der Waals surface area contributed by atoms with Gasteiger partial charge in [-0.1, -0.05) is 6.07 Å². The highest BCUT2D eigenvalue weighted by atomic mass is 19.1. The first-order chi connectivity index (χ1) is 12.7. The Labute approximate surface area is 147 Å². The smallest absolute Gasteiger partial charge is 0.205 e. The van der Waals surface area contributed by atoms with Gasteiger partial charge in [0.1, 0.15) is 5.82 Å². The Morgan fingerprint density at radius 3 is 2.85 bits per heavy atom. The fourth-order valence-electron chi connectivity index (χ4n) is 3.10. The van der Waals surface area contributed by atoms with E-state index >= 15 is 0 Å². The number of rotatable bonds is 3. The molecule has 6 nitrogen and oxygen atoms in total. The lowest BCUT2D eigenvalue weighted by atomic mass is 10.1. The van der Waals surface area contributed by atoms with Gasteiger partial charge < -0.3 is 15.3 Å². The fourth-order valence-corrected chi connectivity index (χ4v) is 3.10. The van der Waals surface area contributed by atoms with Gasteiger partial charge in [-0.15, -0.1) is 0 Å². The van der Waals surface area contributed by atoms with Crippen LogP contribution in [0, 0.1) is 5.82 Å². The van der Waals surface area contributed by atoms with Crippen LogP contribution in [0.4, 0.5) is 16.0 Å². The summed E-state index contributed by atoms with van der Waals surface area (Å²) in [5, 5.41) is 8.22. The number of fused-ring (bicyclic) bond motifs is 2. The van der Waals surface area contributed by atoms with E-state index in [4.69, 9.17) is 0 Å². The molecule has 0 saturated heterocycles. The molecule has 3 heterocycles. The number of imidazole rings is 1. The van der Waals surface area contributed by atoms with Crippen molar-refractivity contribution in [3.8, 4) is 11.3 Å². The Kier molecular flexibility index (Phi) is 3.08. The Morgan fingerprint density at radius 1 is 1.08 bits per heavy atom. The number of H-pyrrole nitrogens is 2. The summed E-state index contributed by atoms with van der Waals surface area (Å²) in [6.07, 6.45) is 3.27. The first-order valence-corrected chi connectivity index (χ1v) is 8.19. The van der Waals surface area contributed by atoms with E-state index in [9.17, 15) is 4.39 Å². The summed E-state index contributed by atoms with van der Waals surface area (Å²) >= 11 is 0. The second-order valence-electron chi connectivity index (χ2n) is 6.21. The van der Waals surface area contributed by atoms with Crippen molar-refractivity contribution >= 4 is 33.6 Å². The number of hydrogen-bond acceptors (Lipinski definition) is 3. The Hall–Kier alpha value is -3.61. The van der Waals surface area contributed by atoms with Gasteiger partial charge in [-0.05, 0) is 36.4 Å². The van der Waals surface area contributed by atoms with Crippen LogP contribution in [0.3, 0.4) is 0 Å². The second kappa shape index (κ2) is 5.45. The highest BCUT2D eigenvalue weighted by Crippen LogP contribution is 2.26. The summed E-state index contributed by atoms with van der Waals surface area (Å²) in [5.74, 6) is 0.377. The highest BCUT2D eigenvalue weighted by molar-refractivity contribution is 5.86. The molecule has 0 atom stereocenters. The average Bonchev–Trinajstić information content (AvgIpc) is 3.33. The molecule has 0 amide bonds. The van der Waals surface area contributed by atoms with E-state index < -0.39 is 0 Å². The topological polar surface area (TPSA) is 74.3 Å². The molecule has 0 radical (unpaired) electrons. The molecule has 26 heavy (non-hydrogen) atoms. The predicted octanol–water partition coefficient (Wildman–Crippen LogP) is 4.33. The number of anilines is 2. The van der Waals surface area contributed by atoms with E-state index in [1.165, 1.54) is 6.20 Å². The van der Waals surface area contributed by atoms with Gasteiger partial charge >= 0.3 is 0 Å². The van der Waals surface area contributed by atoms with Crippen molar-refractivity contribution < 1.29 is 4.39 Å². The monoisotopic (exact) mass is 346 g/mol. The number of aromatic amines is 2. The predicted molar refractivity (Wildman–Crippen MR) is 99.8 cm³/mol. The van der Waals surface area contributed by atoms with Crippen molar-refractivity contribution in [1.82, 2.24) is 24.7 Å². The largest absolute Gasteiger partial charge is 0.358 e. The van der Waals surface area contributed by atoms with Crippen LogP contribution in [-0.4, -0.2) is 24.7 Å². The SMILES string of the molecule is Cn1ccc(-c2ccc3nc(Nc4ccc5c(F)c[nH]c5c4)[nH]c3c2)n1. The molecular formula is C19H15FN6. The molecule has 3 N–H and O–H groups in total. The summed E-state index contributed by atoms with van der Waals surface area (Å²) < 4.78 is 15.3. The fraction of sp³-hybridized carbons (Fsp3) is 0.0526. The van der Waals surface area contributed by atoms with Crippen LogP contribution in [0.2, 0.25) is 0 Å². The van der Waals surface area contributed by atoms with Crippen molar-refractivity contribution in [2.24, 2.45) is 7.05 Å². The van der Waals surface area contributed by atoms with Gasteiger partial charge in [0.05, 0.1) is 22.2 Å². The zero-order chi connectivity index (χ0) is 17.7. The summed E-state index contributed by atoms with van der Waals surface area (Å²) in [7, 11) is 1.90. The summed E-state index contributed by atoms with van der Waals surface area (Å²) in [4.78, 5) is 10.7. The minimum absolute atomic E-state index is 0.252. The molecule has 0 aliphatic heterocycles. The third kappa shape index (κ3) is 2.41. The van der Waals surface area contributed by atoms with Gasteiger partial charge in [0.25, 0.3) is 0 Å². The standard InChI is InChI=1S/C19H15FN6/c1-26-7-6-15(25-26)11-2-5-16-18(8-11)24-19(23-16)22-12-3-4-13-14(20)10-21-17(13)9-12/h2-10,21H,1H3,(H2,22,23,24). The normalized spacial score (nSPS) is 11.5. The van der Waals surface area contributed by atoms with E-state index in [1.807, 2.05) is 49.6 Å². The molecule has 0 aliphatic rings. The molecule has 5 rings (SSSR count). The summed E-state index contributed by atoms with van der Waals surface area (Å²) in [5.41, 5.74) is 5.28. The van der Waals surface area contributed by atoms with Crippen LogP contribution < -0.4 is 5.32 Å². The van der Waals surface area contributed by atoms with Crippen molar-refractivity contribution in [3.63, 3.8) is 0 Å². The van der Waals surface area contributed by atoms with Crippen LogP contribution >= 0.6 is 0 Å². The molecule has 7 heteroatoms. The number of aromatic nitrogens is 5. The quantitative estimate of drug-likeness (QED) is 0.455. The van der Waals surface area contributed by atoms with Gasteiger partial charge in [0.2, 0.25) is 5.95 Å². The first kappa shape index (κ1) is 14.7. The van der Waals surface area contributed by atoms with Crippen molar-refractivity contribution in [2.45, 2.75) is 0 Å². The Bertz CT molecular complexity index is 1250. The van der Waals surface area contributed by atoms with Gasteiger partial charge in [-0.25, -0.2) is 9.37 Å². The van der Waals surface area contributed by atoms with Crippen molar-refractivity contribution in [1.29, 1.82) is 0 Å². The van der Waals surface area contributed by atoms with E-state index in [2.05, 4.69) is 25.4 Å². The molecule has 0 spiro atoms. The zero-order valence-electron chi connectivity index (χ0n) is 13.9. The minimum Gasteiger partial charge on any atom is -0.358 e. The van der Waals surface area contributed by atoms with Crippen LogP contribution in [-0.2, 0) is 7.05 Å². The van der Waals surface area contributed by atoms with E-state index in [0.29, 0.717) is 11.3 Å². The number of nitrogens with zero attached hydrogens (tertiary/aromatic N) is 3. The van der Waals surface area contributed by atoms with Crippen molar-refractivity contribution in [2.75, 3.05) is 5.32 Å². The number of aryl methyl sites for hydroxylation is 1. The lowest BCUT2D eigenvalue weighted by Gasteiger charge is -2.02. The molecule has 0 saturated carbocycles. The number of nitrogens with one attached hydrogen (secondary N) is 3. The maximum absolute atomic E-state index is 13.5. The Balaban J connectivity index is 1.48. The minimum atomic E-state index is -0.252. The van der Waals surface area contributed by atoms with Crippen molar-refractivity contribution in [3.05, 3.63) is 60.7 Å². The maximum atomic E-state index is 13.5. The highest BCUT2D eigenvalue weighted by Gasteiger charge is 2.08. The van der Waals surface area contributed by atoms with Gasteiger partial charge in [0, 0.05) is 36.1 Å². The number of halogens is 1. The average molecular weight is 346 g/mol. The lowest BCUT2D eigenvalue weighted by molar-refractivity contribution is 0.639. The zero-order valence-corrected chi connectivity index (χ0v) is 13.9. The summed E-state index contributed by atoms with van der Waals surface area (Å²) in [6.45, 7) is 0. The molecule has 3 aromatic heterocycles. The Morgan fingerprint density at radius 2 is 2.00 bits per heavy atom. The van der Waals surface area contributed by atoms with E-state index in [-0.39, 0.29) is 5.82 Å². The molecule has 128 valence electrons. The summed E-state index contributed by atoms with van der Waals surface area (Å²) in [6, 6.07) is 13.4. The van der Waals surface area contributed by atoms with Crippen LogP contribution in [0.25, 0.3) is 33.2 Å².